The van der Waals surface area contributed by atoms with E-state index in [0.717, 1.165) is 16.7 Å². The predicted octanol–water partition coefficient (Wildman–Crippen LogP) is 1.57. The molecule has 0 spiro atoms. The summed E-state index contributed by atoms with van der Waals surface area (Å²) in [5.74, 6) is 0. The highest BCUT2D eigenvalue weighted by molar-refractivity contribution is 5.60. The van der Waals surface area contributed by atoms with E-state index < -0.39 is 0 Å². The molecule has 0 atom stereocenters. The van der Waals surface area contributed by atoms with Gasteiger partial charge in [0.15, 0.2) is 0 Å². The van der Waals surface area contributed by atoms with Gasteiger partial charge >= 0.3 is 0 Å². The molecule has 58 valence electrons. The molecular formula is C9H12N2. The molecule has 0 saturated heterocycles. The molecule has 0 aromatic carbocycles. The Hall–Kier alpha value is -1.15. The maximum Gasteiger partial charge on any atom is 0.0342 e. The van der Waals surface area contributed by atoms with Crippen LogP contribution in [0.2, 0.25) is 0 Å². The van der Waals surface area contributed by atoms with Crippen molar-refractivity contribution in [2.24, 2.45) is 5.73 Å². The summed E-state index contributed by atoms with van der Waals surface area (Å²) in [4.78, 5) is 4.04. The van der Waals surface area contributed by atoms with Crippen LogP contribution in [0.3, 0.4) is 0 Å². The van der Waals surface area contributed by atoms with Crippen molar-refractivity contribution in [3.63, 3.8) is 0 Å². The Morgan fingerprint density at radius 2 is 2.36 bits per heavy atom. The highest BCUT2D eigenvalue weighted by atomic mass is 14.6. The van der Waals surface area contributed by atoms with E-state index in [-0.39, 0.29) is 0 Å². The number of hydrogen-bond acceptors (Lipinski definition) is 2. The first-order valence-corrected chi connectivity index (χ1v) is 3.54. The maximum absolute atomic E-state index is 5.45. The van der Waals surface area contributed by atoms with Crippen molar-refractivity contribution in [3.8, 4) is 0 Å². The van der Waals surface area contributed by atoms with Gasteiger partial charge in [-0.05, 0) is 29.7 Å². The lowest BCUT2D eigenvalue weighted by Crippen LogP contribution is -1.97. The molecule has 11 heavy (non-hydrogen) atoms. The number of allylic oxidation sites excluding steroid dienone is 1. The molecule has 1 aromatic heterocycles. The highest BCUT2D eigenvalue weighted by Crippen LogP contribution is 2.10. The average Bonchev–Trinajstić information content (AvgIpc) is 2.05. The quantitative estimate of drug-likeness (QED) is 0.691. The zero-order chi connectivity index (χ0) is 8.27. The molecule has 1 rings (SSSR count). The van der Waals surface area contributed by atoms with Crippen LogP contribution in [-0.4, -0.2) is 4.98 Å². The summed E-state index contributed by atoms with van der Waals surface area (Å²) >= 11 is 0. The van der Waals surface area contributed by atoms with Crippen molar-refractivity contribution in [2.75, 3.05) is 0 Å². The van der Waals surface area contributed by atoms with E-state index in [4.69, 9.17) is 5.73 Å². The van der Waals surface area contributed by atoms with Gasteiger partial charge < -0.3 is 5.73 Å². The van der Waals surface area contributed by atoms with Crippen molar-refractivity contribution in [3.05, 3.63) is 36.2 Å². The van der Waals surface area contributed by atoms with Crippen LogP contribution in [0.15, 0.2) is 25.0 Å². The molecule has 1 aromatic rings. The van der Waals surface area contributed by atoms with Gasteiger partial charge in [0.25, 0.3) is 0 Å². The minimum absolute atomic E-state index is 0.536. The number of rotatable bonds is 2. The SMILES string of the molecule is C=C(C)c1cncc(CN)c1. The largest absolute Gasteiger partial charge is 0.326 e. The van der Waals surface area contributed by atoms with Crippen LogP contribution in [0.4, 0.5) is 0 Å². The first-order valence-electron chi connectivity index (χ1n) is 3.54. The zero-order valence-corrected chi connectivity index (χ0v) is 6.67. The van der Waals surface area contributed by atoms with Gasteiger partial charge in [-0.15, -0.1) is 0 Å². The van der Waals surface area contributed by atoms with Crippen LogP contribution >= 0.6 is 0 Å². The molecule has 2 N–H and O–H groups in total. The van der Waals surface area contributed by atoms with E-state index in [1.54, 1.807) is 12.4 Å². The first-order chi connectivity index (χ1) is 5.24. The lowest BCUT2D eigenvalue weighted by atomic mass is 10.1. The predicted molar refractivity (Wildman–Crippen MR) is 46.8 cm³/mol. The number of aromatic nitrogens is 1. The molecule has 0 saturated carbocycles. The van der Waals surface area contributed by atoms with Crippen molar-refractivity contribution in [2.45, 2.75) is 13.5 Å². The average molecular weight is 148 g/mol. The Balaban J connectivity index is 3.01. The third-order valence-electron chi connectivity index (χ3n) is 1.52. The Labute approximate surface area is 66.8 Å². The van der Waals surface area contributed by atoms with Gasteiger partial charge in [-0.1, -0.05) is 6.58 Å². The number of nitrogens with zero attached hydrogens (tertiary/aromatic N) is 1. The summed E-state index contributed by atoms with van der Waals surface area (Å²) < 4.78 is 0. The molecule has 0 bridgehead atoms. The van der Waals surface area contributed by atoms with Gasteiger partial charge in [-0.25, -0.2) is 0 Å². The molecule has 0 unspecified atom stereocenters. The first kappa shape index (κ1) is 7.95. The second-order valence-electron chi connectivity index (χ2n) is 2.57. The van der Waals surface area contributed by atoms with Crippen LogP contribution in [0.1, 0.15) is 18.1 Å². The number of nitrogens with two attached hydrogens (primary N) is 1. The second kappa shape index (κ2) is 3.30. The lowest BCUT2D eigenvalue weighted by Gasteiger charge is -2.00. The fourth-order valence-electron chi connectivity index (χ4n) is 0.833. The smallest absolute Gasteiger partial charge is 0.0342 e. The molecule has 0 aliphatic carbocycles. The molecular weight excluding hydrogens is 136 g/mol. The van der Waals surface area contributed by atoms with Crippen molar-refractivity contribution >= 4 is 5.57 Å². The third kappa shape index (κ3) is 1.88. The summed E-state index contributed by atoms with van der Waals surface area (Å²) in [5, 5.41) is 0. The summed E-state index contributed by atoms with van der Waals surface area (Å²) in [6.07, 6.45) is 3.56. The van der Waals surface area contributed by atoms with E-state index in [0.29, 0.717) is 6.54 Å². The number of pyridine rings is 1. The van der Waals surface area contributed by atoms with Gasteiger partial charge in [-0.3, -0.25) is 4.98 Å². The van der Waals surface area contributed by atoms with Gasteiger partial charge in [0.2, 0.25) is 0 Å². The fourth-order valence-corrected chi connectivity index (χ4v) is 0.833. The maximum atomic E-state index is 5.45. The van der Waals surface area contributed by atoms with Crippen LogP contribution in [0.25, 0.3) is 5.57 Å². The second-order valence-corrected chi connectivity index (χ2v) is 2.57. The van der Waals surface area contributed by atoms with Gasteiger partial charge in [0.05, 0.1) is 0 Å². The van der Waals surface area contributed by atoms with Gasteiger partial charge in [-0.2, -0.15) is 0 Å². The lowest BCUT2D eigenvalue weighted by molar-refractivity contribution is 1.04. The van der Waals surface area contributed by atoms with E-state index in [1.807, 2.05) is 13.0 Å². The van der Waals surface area contributed by atoms with E-state index in [2.05, 4.69) is 11.6 Å². The summed E-state index contributed by atoms with van der Waals surface area (Å²) in [7, 11) is 0. The normalized spacial score (nSPS) is 9.64. The molecule has 0 amide bonds. The fraction of sp³-hybridized carbons (Fsp3) is 0.222. The zero-order valence-electron chi connectivity index (χ0n) is 6.67. The van der Waals surface area contributed by atoms with E-state index in [9.17, 15) is 0 Å². The Morgan fingerprint density at radius 3 is 2.91 bits per heavy atom. The third-order valence-corrected chi connectivity index (χ3v) is 1.52. The van der Waals surface area contributed by atoms with Gasteiger partial charge in [0, 0.05) is 18.9 Å². The molecule has 0 aliphatic rings. The van der Waals surface area contributed by atoms with Crippen molar-refractivity contribution < 1.29 is 0 Å². The molecule has 0 radical (unpaired) electrons. The summed E-state index contributed by atoms with van der Waals surface area (Å²) in [6.45, 7) is 6.31. The highest BCUT2D eigenvalue weighted by Gasteiger charge is 1.94. The minimum atomic E-state index is 0.536. The van der Waals surface area contributed by atoms with Crippen LogP contribution < -0.4 is 5.73 Å². The molecule has 2 heteroatoms. The van der Waals surface area contributed by atoms with Crippen molar-refractivity contribution in [1.29, 1.82) is 0 Å². The number of hydrogen-bond donors (Lipinski definition) is 1. The Bertz CT molecular complexity index is 266. The minimum Gasteiger partial charge on any atom is -0.326 e. The monoisotopic (exact) mass is 148 g/mol. The Morgan fingerprint density at radius 1 is 1.64 bits per heavy atom. The molecule has 2 nitrogen and oxygen atoms in total. The van der Waals surface area contributed by atoms with E-state index >= 15 is 0 Å². The van der Waals surface area contributed by atoms with Crippen molar-refractivity contribution in [1.82, 2.24) is 4.98 Å². The van der Waals surface area contributed by atoms with Crippen LogP contribution in [0.5, 0.6) is 0 Å². The topological polar surface area (TPSA) is 38.9 Å². The van der Waals surface area contributed by atoms with Gasteiger partial charge in [0.1, 0.15) is 0 Å². The molecule has 0 fully saturated rings. The standard InChI is InChI=1S/C9H12N2/c1-7(2)9-3-8(4-10)5-11-6-9/h3,5-6H,1,4,10H2,2H3. The van der Waals surface area contributed by atoms with E-state index in [1.165, 1.54) is 0 Å². The van der Waals surface area contributed by atoms with Crippen LogP contribution in [0, 0.1) is 0 Å². The molecule has 1 heterocycles. The summed E-state index contributed by atoms with van der Waals surface area (Å²) in [5.41, 5.74) is 8.58. The Kier molecular flexibility index (Phi) is 2.39. The summed E-state index contributed by atoms with van der Waals surface area (Å²) in [6, 6.07) is 2.01. The van der Waals surface area contributed by atoms with Crippen LogP contribution in [-0.2, 0) is 6.54 Å². The molecule has 0 aliphatic heterocycles.